The number of aromatic nitrogens is 1. The standard InChI is InChI=1S/C9H17N3S/c1-8(10)3-2-4-11-7-9-12-5-6-13-9/h5-6,8,11H,2-4,7,10H2,1H3. The van der Waals surface area contributed by atoms with E-state index in [1.165, 1.54) is 0 Å². The van der Waals surface area contributed by atoms with Crippen LogP contribution in [0.3, 0.4) is 0 Å². The van der Waals surface area contributed by atoms with E-state index in [4.69, 9.17) is 5.73 Å². The molecule has 0 aliphatic carbocycles. The molecule has 3 nitrogen and oxygen atoms in total. The summed E-state index contributed by atoms with van der Waals surface area (Å²) in [6.45, 7) is 3.96. The predicted octanol–water partition coefficient (Wildman–Crippen LogP) is 1.36. The summed E-state index contributed by atoms with van der Waals surface area (Å²) in [5, 5.41) is 6.49. The maximum atomic E-state index is 5.63. The van der Waals surface area contributed by atoms with Gasteiger partial charge < -0.3 is 11.1 Å². The van der Waals surface area contributed by atoms with E-state index >= 15 is 0 Å². The molecule has 1 aromatic rings. The van der Waals surface area contributed by atoms with Gasteiger partial charge in [0.15, 0.2) is 0 Å². The number of nitrogens with zero attached hydrogens (tertiary/aromatic N) is 1. The monoisotopic (exact) mass is 199 g/mol. The minimum atomic E-state index is 0.321. The normalized spacial score (nSPS) is 13.1. The second-order valence-corrected chi connectivity index (χ2v) is 4.20. The van der Waals surface area contributed by atoms with Crippen molar-refractivity contribution >= 4 is 11.3 Å². The molecule has 1 rings (SSSR count). The molecule has 0 aromatic carbocycles. The van der Waals surface area contributed by atoms with Crippen molar-refractivity contribution in [3.05, 3.63) is 16.6 Å². The highest BCUT2D eigenvalue weighted by molar-refractivity contribution is 7.09. The molecule has 0 saturated heterocycles. The van der Waals surface area contributed by atoms with Crippen LogP contribution in [0, 0.1) is 0 Å². The highest BCUT2D eigenvalue weighted by atomic mass is 32.1. The molecular formula is C9H17N3S. The van der Waals surface area contributed by atoms with Crippen molar-refractivity contribution in [2.75, 3.05) is 6.54 Å². The first-order valence-electron chi connectivity index (χ1n) is 4.63. The number of hydrogen-bond donors (Lipinski definition) is 2. The van der Waals surface area contributed by atoms with Crippen LogP contribution in [-0.4, -0.2) is 17.6 Å². The van der Waals surface area contributed by atoms with Gasteiger partial charge in [-0.05, 0) is 26.3 Å². The largest absolute Gasteiger partial charge is 0.328 e. The van der Waals surface area contributed by atoms with Crippen molar-refractivity contribution in [2.45, 2.75) is 32.4 Å². The molecule has 0 bridgehead atoms. The molecule has 1 atom stereocenters. The third-order valence-corrected chi connectivity index (χ3v) is 2.55. The lowest BCUT2D eigenvalue weighted by atomic mass is 10.2. The van der Waals surface area contributed by atoms with Crippen LogP contribution in [0.15, 0.2) is 11.6 Å². The van der Waals surface area contributed by atoms with Crippen molar-refractivity contribution < 1.29 is 0 Å². The first-order chi connectivity index (χ1) is 6.29. The fraction of sp³-hybridized carbons (Fsp3) is 0.667. The maximum Gasteiger partial charge on any atom is 0.106 e. The molecule has 4 heteroatoms. The zero-order valence-electron chi connectivity index (χ0n) is 7.99. The average molecular weight is 199 g/mol. The van der Waals surface area contributed by atoms with Crippen LogP contribution in [0.1, 0.15) is 24.8 Å². The van der Waals surface area contributed by atoms with Crippen LogP contribution < -0.4 is 11.1 Å². The Hall–Kier alpha value is -0.450. The van der Waals surface area contributed by atoms with E-state index in [0.717, 1.165) is 30.9 Å². The van der Waals surface area contributed by atoms with Crippen LogP contribution in [0.5, 0.6) is 0 Å². The summed E-state index contributed by atoms with van der Waals surface area (Å²) in [5.74, 6) is 0. The summed E-state index contributed by atoms with van der Waals surface area (Å²) < 4.78 is 0. The molecule has 1 unspecified atom stereocenters. The summed E-state index contributed by atoms with van der Waals surface area (Å²) in [6, 6.07) is 0.321. The Kier molecular flexibility index (Phi) is 4.97. The van der Waals surface area contributed by atoms with Gasteiger partial charge in [-0.1, -0.05) is 0 Å². The summed E-state index contributed by atoms with van der Waals surface area (Å²) in [5.41, 5.74) is 5.63. The molecular weight excluding hydrogens is 182 g/mol. The van der Waals surface area contributed by atoms with E-state index in [1.54, 1.807) is 11.3 Å². The molecule has 3 N–H and O–H groups in total. The summed E-state index contributed by atoms with van der Waals surface area (Å²) in [4.78, 5) is 4.18. The number of hydrogen-bond acceptors (Lipinski definition) is 4. The number of rotatable bonds is 6. The lowest BCUT2D eigenvalue weighted by molar-refractivity contribution is 0.574. The lowest BCUT2D eigenvalue weighted by Gasteiger charge is -2.04. The van der Waals surface area contributed by atoms with Gasteiger partial charge in [-0.15, -0.1) is 11.3 Å². The first-order valence-corrected chi connectivity index (χ1v) is 5.51. The van der Waals surface area contributed by atoms with Gasteiger partial charge in [-0.2, -0.15) is 0 Å². The Bertz CT molecular complexity index is 209. The van der Waals surface area contributed by atoms with E-state index in [-0.39, 0.29) is 0 Å². The Morgan fingerprint density at radius 3 is 3.15 bits per heavy atom. The van der Waals surface area contributed by atoms with Crippen LogP contribution in [-0.2, 0) is 6.54 Å². The molecule has 0 amide bonds. The highest BCUT2D eigenvalue weighted by Crippen LogP contribution is 2.02. The van der Waals surface area contributed by atoms with E-state index in [2.05, 4.69) is 10.3 Å². The molecule has 1 heterocycles. The van der Waals surface area contributed by atoms with Gasteiger partial charge in [0.25, 0.3) is 0 Å². The zero-order chi connectivity index (χ0) is 9.52. The van der Waals surface area contributed by atoms with Gasteiger partial charge in [-0.25, -0.2) is 4.98 Å². The van der Waals surface area contributed by atoms with Crippen LogP contribution in [0.2, 0.25) is 0 Å². The third-order valence-electron chi connectivity index (χ3n) is 1.77. The number of thiazole rings is 1. The van der Waals surface area contributed by atoms with Gasteiger partial charge in [0.2, 0.25) is 0 Å². The Morgan fingerprint density at radius 1 is 1.69 bits per heavy atom. The van der Waals surface area contributed by atoms with Crippen molar-refractivity contribution in [3.63, 3.8) is 0 Å². The summed E-state index contributed by atoms with van der Waals surface area (Å²) in [6.07, 6.45) is 4.07. The van der Waals surface area contributed by atoms with Crippen molar-refractivity contribution in [1.82, 2.24) is 10.3 Å². The second-order valence-electron chi connectivity index (χ2n) is 3.22. The Morgan fingerprint density at radius 2 is 2.54 bits per heavy atom. The molecule has 74 valence electrons. The lowest BCUT2D eigenvalue weighted by Crippen LogP contribution is -2.19. The van der Waals surface area contributed by atoms with Crippen molar-refractivity contribution in [2.24, 2.45) is 5.73 Å². The van der Waals surface area contributed by atoms with Gasteiger partial charge in [0.05, 0.1) is 0 Å². The van der Waals surface area contributed by atoms with Gasteiger partial charge in [0, 0.05) is 24.2 Å². The quantitative estimate of drug-likeness (QED) is 0.680. The average Bonchev–Trinajstić information content (AvgIpc) is 2.55. The highest BCUT2D eigenvalue weighted by Gasteiger charge is 1.95. The second kappa shape index (κ2) is 6.07. The summed E-state index contributed by atoms with van der Waals surface area (Å²) in [7, 11) is 0. The zero-order valence-corrected chi connectivity index (χ0v) is 8.81. The fourth-order valence-corrected chi connectivity index (χ4v) is 1.67. The Labute approximate surface area is 83.4 Å². The van der Waals surface area contributed by atoms with Crippen LogP contribution >= 0.6 is 11.3 Å². The number of nitrogens with one attached hydrogen (secondary N) is 1. The maximum absolute atomic E-state index is 5.63. The molecule has 0 aliphatic rings. The van der Waals surface area contributed by atoms with Crippen molar-refractivity contribution in [1.29, 1.82) is 0 Å². The minimum Gasteiger partial charge on any atom is -0.328 e. The number of nitrogens with two attached hydrogens (primary N) is 1. The SMILES string of the molecule is CC(N)CCCNCc1nccs1. The first kappa shape index (κ1) is 10.6. The fourth-order valence-electron chi connectivity index (χ4n) is 1.08. The smallest absolute Gasteiger partial charge is 0.106 e. The summed E-state index contributed by atoms with van der Waals surface area (Å²) >= 11 is 1.69. The molecule has 0 fully saturated rings. The molecule has 0 aliphatic heterocycles. The predicted molar refractivity (Wildman–Crippen MR) is 56.7 cm³/mol. The molecule has 0 radical (unpaired) electrons. The molecule has 0 spiro atoms. The van der Waals surface area contributed by atoms with Crippen LogP contribution in [0.25, 0.3) is 0 Å². The van der Waals surface area contributed by atoms with E-state index < -0.39 is 0 Å². The van der Waals surface area contributed by atoms with Gasteiger partial charge >= 0.3 is 0 Å². The topological polar surface area (TPSA) is 50.9 Å². The molecule has 13 heavy (non-hydrogen) atoms. The van der Waals surface area contributed by atoms with Crippen LogP contribution in [0.4, 0.5) is 0 Å². The molecule has 1 aromatic heterocycles. The van der Waals surface area contributed by atoms with E-state index in [1.807, 2.05) is 18.5 Å². The van der Waals surface area contributed by atoms with E-state index in [0.29, 0.717) is 6.04 Å². The minimum absolute atomic E-state index is 0.321. The van der Waals surface area contributed by atoms with Gasteiger partial charge in [-0.3, -0.25) is 0 Å². The molecule has 0 saturated carbocycles. The Balaban J connectivity index is 1.96. The third kappa shape index (κ3) is 4.98. The van der Waals surface area contributed by atoms with E-state index in [9.17, 15) is 0 Å². The van der Waals surface area contributed by atoms with Gasteiger partial charge in [0.1, 0.15) is 5.01 Å². The van der Waals surface area contributed by atoms with Crippen molar-refractivity contribution in [3.8, 4) is 0 Å².